The molecule has 1 atom stereocenters. The summed E-state index contributed by atoms with van der Waals surface area (Å²) in [6.45, 7) is 1.95. The third kappa shape index (κ3) is 3.37. The zero-order valence-corrected chi connectivity index (χ0v) is 12.2. The van der Waals surface area contributed by atoms with Gasteiger partial charge >= 0.3 is 0 Å². The minimum Gasteiger partial charge on any atom is -0.378 e. The van der Waals surface area contributed by atoms with E-state index in [0.717, 1.165) is 11.3 Å². The number of nitro benzene ring substituents is 1. The van der Waals surface area contributed by atoms with Crippen molar-refractivity contribution in [2.24, 2.45) is 0 Å². The Morgan fingerprint density at radius 3 is 2.42 bits per heavy atom. The third-order valence-corrected chi connectivity index (χ3v) is 4.13. The molecule has 7 heteroatoms. The zero-order valence-electron chi connectivity index (χ0n) is 9.89. The number of halogens is 2. The largest absolute Gasteiger partial charge is 0.378 e. The first-order chi connectivity index (χ1) is 8.97. The highest BCUT2D eigenvalue weighted by atomic mass is 35.5. The minimum absolute atomic E-state index is 0.0299. The number of thiophene rings is 1. The van der Waals surface area contributed by atoms with Crippen molar-refractivity contribution in [2.45, 2.75) is 13.0 Å². The summed E-state index contributed by atoms with van der Waals surface area (Å²) in [5, 5.41) is 13.8. The first-order valence-corrected chi connectivity index (χ1v) is 7.00. The second kappa shape index (κ2) is 5.77. The molecular formula is C12H10Cl2N2O2S. The highest BCUT2D eigenvalue weighted by Gasteiger charge is 2.13. The van der Waals surface area contributed by atoms with Crippen molar-refractivity contribution in [1.29, 1.82) is 0 Å². The fourth-order valence-corrected chi connectivity index (χ4v) is 3.30. The van der Waals surface area contributed by atoms with Crippen LogP contribution in [-0.4, -0.2) is 4.92 Å². The van der Waals surface area contributed by atoms with Crippen LogP contribution in [0.5, 0.6) is 0 Å². The standard InChI is InChI=1S/C12H10Cl2N2O2S/c1-7(10-6-11(13)19-12(10)14)15-8-2-4-9(5-3-8)16(17)18/h2-7,15H,1H3. The summed E-state index contributed by atoms with van der Waals surface area (Å²) in [6, 6.07) is 8.02. The van der Waals surface area contributed by atoms with Gasteiger partial charge in [-0.2, -0.15) is 0 Å². The molecule has 0 amide bonds. The number of nitrogens with zero attached hydrogens (tertiary/aromatic N) is 1. The van der Waals surface area contributed by atoms with Gasteiger partial charge in [0.2, 0.25) is 0 Å². The molecule has 0 spiro atoms. The highest BCUT2D eigenvalue weighted by Crippen LogP contribution is 2.36. The number of nitrogens with one attached hydrogen (secondary N) is 1. The van der Waals surface area contributed by atoms with E-state index in [0.29, 0.717) is 8.67 Å². The molecule has 19 heavy (non-hydrogen) atoms. The second-order valence-electron chi connectivity index (χ2n) is 3.95. The fourth-order valence-electron chi connectivity index (χ4n) is 1.66. The Labute approximate surface area is 124 Å². The lowest BCUT2D eigenvalue weighted by atomic mass is 10.1. The predicted molar refractivity (Wildman–Crippen MR) is 79.5 cm³/mol. The summed E-state index contributed by atoms with van der Waals surface area (Å²) in [5.74, 6) is 0. The van der Waals surface area contributed by atoms with Gasteiger partial charge in [0.25, 0.3) is 5.69 Å². The Kier molecular flexibility index (Phi) is 4.29. The van der Waals surface area contributed by atoms with Gasteiger partial charge in [0.1, 0.15) is 0 Å². The molecule has 0 aliphatic rings. The van der Waals surface area contributed by atoms with Crippen LogP contribution >= 0.6 is 34.5 Å². The summed E-state index contributed by atoms with van der Waals surface area (Å²) in [4.78, 5) is 10.1. The molecule has 1 aromatic carbocycles. The number of rotatable bonds is 4. The zero-order chi connectivity index (χ0) is 14.0. The lowest BCUT2D eigenvalue weighted by Crippen LogP contribution is -2.05. The highest BCUT2D eigenvalue weighted by molar-refractivity contribution is 7.20. The normalized spacial score (nSPS) is 12.2. The second-order valence-corrected chi connectivity index (χ2v) is 6.24. The maximum Gasteiger partial charge on any atom is 0.269 e. The lowest BCUT2D eigenvalue weighted by molar-refractivity contribution is -0.384. The molecule has 1 heterocycles. The van der Waals surface area contributed by atoms with Gasteiger partial charge in [-0.3, -0.25) is 10.1 Å². The van der Waals surface area contributed by atoms with E-state index in [1.54, 1.807) is 12.1 Å². The predicted octanol–water partition coefficient (Wildman–Crippen LogP) is 5.14. The maximum atomic E-state index is 10.6. The van der Waals surface area contributed by atoms with E-state index < -0.39 is 4.92 Å². The smallest absolute Gasteiger partial charge is 0.269 e. The van der Waals surface area contributed by atoms with Crippen molar-refractivity contribution in [3.63, 3.8) is 0 Å². The number of anilines is 1. The molecule has 0 saturated heterocycles. The van der Waals surface area contributed by atoms with E-state index in [-0.39, 0.29) is 11.7 Å². The molecule has 0 aliphatic carbocycles. The van der Waals surface area contributed by atoms with E-state index in [1.165, 1.54) is 23.5 Å². The van der Waals surface area contributed by atoms with Gasteiger partial charge in [0.15, 0.2) is 0 Å². The summed E-state index contributed by atoms with van der Waals surface area (Å²) < 4.78 is 1.28. The summed E-state index contributed by atoms with van der Waals surface area (Å²) >= 11 is 13.3. The van der Waals surface area contributed by atoms with Gasteiger partial charge in [-0.15, -0.1) is 11.3 Å². The van der Waals surface area contributed by atoms with Crippen LogP contribution in [-0.2, 0) is 0 Å². The van der Waals surface area contributed by atoms with Crippen LogP contribution in [0.2, 0.25) is 8.67 Å². The quantitative estimate of drug-likeness (QED) is 0.628. The van der Waals surface area contributed by atoms with Crippen LogP contribution in [0.4, 0.5) is 11.4 Å². The number of non-ortho nitro benzene ring substituents is 1. The van der Waals surface area contributed by atoms with Crippen LogP contribution in [0.3, 0.4) is 0 Å². The first-order valence-electron chi connectivity index (χ1n) is 5.43. The molecule has 0 saturated carbocycles. The molecule has 100 valence electrons. The van der Waals surface area contributed by atoms with Gasteiger partial charge in [0, 0.05) is 23.4 Å². The molecule has 0 fully saturated rings. The molecule has 0 radical (unpaired) electrons. The van der Waals surface area contributed by atoms with E-state index in [9.17, 15) is 10.1 Å². The van der Waals surface area contributed by atoms with Crippen LogP contribution in [0.25, 0.3) is 0 Å². The Morgan fingerprint density at radius 1 is 1.32 bits per heavy atom. The number of benzene rings is 1. The fraction of sp³-hybridized carbons (Fsp3) is 0.167. The molecule has 2 aromatic rings. The summed E-state index contributed by atoms with van der Waals surface area (Å²) in [5.41, 5.74) is 1.77. The SMILES string of the molecule is CC(Nc1ccc([N+](=O)[O-])cc1)c1cc(Cl)sc1Cl. The number of nitro groups is 1. The maximum absolute atomic E-state index is 10.6. The average Bonchev–Trinajstić information content (AvgIpc) is 2.69. The van der Waals surface area contributed by atoms with Crippen molar-refractivity contribution < 1.29 is 4.92 Å². The lowest BCUT2D eigenvalue weighted by Gasteiger charge is -2.14. The molecule has 4 nitrogen and oxygen atoms in total. The molecule has 0 aliphatic heterocycles. The average molecular weight is 317 g/mol. The number of hydrogen-bond donors (Lipinski definition) is 1. The Morgan fingerprint density at radius 2 is 1.95 bits per heavy atom. The van der Waals surface area contributed by atoms with Crippen molar-refractivity contribution in [1.82, 2.24) is 0 Å². The third-order valence-electron chi connectivity index (χ3n) is 2.61. The van der Waals surface area contributed by atoms with Crippen molar-refractivity contribution in [3.8, 4) is 0 Å². The molecule has 2 rings (SSSR count). The van der Waals surface area contributed by atoms with Gasteiger partial charge in [0.05, 0.1) is 19.6 Å². The topological polar surface area (TPSA) is 55.2 Å². The molecule has 1 unspecified atom stereocenters. The van der Waals surface area contributed by atoms with Crippen LogP contribution in [0, 0.1) is 10.1 Å². The van der Waals surface area contributed by atoms with E-state index in [2.05, 4.69) is 5.32 Å². The van der Waals surface area contributed by atoms with E-state index >= 15 is 0 Å². The van der Waals surface area contributed by atoms with E-state index in [4.69, 9.17) is 23.2 Å². The van der Waals surface area contributed by atoms with Gasteiger partial charge in [-0.05, 0) is 25.1 Å². The van der Waals surface area contributed by atoms with Crippen LogP contribution in [0.15, 0.2) is 30.3 Å². The van der Waals surface area contributed by atoms with Gasteiger partial charge < -0.3 is 5.32 Å². The Bertz CT molecular complexity index is 598. The van der Waals surface area contributed by atoms with Gasteiger partial charge in [-0.25, -0.2) is 0 Å². The Hall–Kier alpha value is -1.30. The monoisotopic (exact) mass is 316 g/mol. The van der Waals surface area contributed by atoms with Crippen molar-refractivity contribution >= 4 is 45.9 Å². The Balaban J connectivity index is 2.12. The minimum atomic E-state index is -0.428. The van der Waals surface area contributed by atoms with Crippen molar-refractivity contribution in [2.75, 3.05) is 5.32 Å². The summed E-state index contributed by atoms with van der Waals surface area (Å²) in [6.07, 6.45) is 0. The van der Waals surface area contributed by atoms with Gasteiger partial charge in [-0.1, -0.05) is 23.2 Å². The van der Waals surface area contributed by atoms with E-state index in [1.807, 2.05) is 13.0 Å². The first kappa shape index (κ1) is 14.1. The van der Waals surface area contributed by atoms with Crippen LogP contribution < -0.4 is 5.32 Å². The molecule has 0 bridgehead atoms. The van der Waals surface area contributed by atoms with Crippen LogP contribution in [0.1, 0.15) is 18.5 Å². The molecule has 1 N–H and O–H groups in total. The summed E-state index contributed by atoms with van der Waals surface area (Å²) in [7, 11) is 0. The van der Waals surface area contributed by atoms with Crippen molar-refractivity contribution in [3.05, 3.63) is 54.7 Å². The number of hydrogen-bond acceptors (Lipinski definition) is 4. The molecular weight excluding hydrogens is 307 g/mol. The molecule has 1 aromatic heterocycles.